The van der Waals surface area contributed by atoms with Gasteiger partial charge in [0.2, 0.25) is 0 Å². The van der Waals surface area contributed by atoms with Crippen LogP contribution in [-0.2, 0) is 11.3 Å². The maximum atomic E-state index is 12.5. The standard InChI is InChI=1S/C23H28N6O2S/c1-3-31-23(30)20-21(27-22(32-20)16-6-8-25-9-7-16)26-15-17-14-18(4-5-19(17)24)29-12-10-28(2)11-13-29/h4-9,14,26H,3,10-13,15,24H2,1-2H3. The predicted molar refractivity (Wildman–Crippen MR) is 129 cm³/mol. The van der Waals surface area contributed by atoms with Gasteiger partial charge in [-0.1, -0.05) is 0 Å². The fourth-order valence-electron chi connectivity index (χ4n) is 3.58. The third-order valence-corrected chi connectivity index (χ3v) is 6.54. The largest absolute Gasteiger partial charge is 0.462 e. The Bertz CT molecular complexity index is 1060. The van der Waals surface area contributed by atoms with E-state index in [1.807, 2.05) is 18.2 Å². The number of nitrogens with zero attached hydrogens (tertiary/aromatic N) is 4. The summed E-state index contributed by atoms with van der Waals surface area (Å²) in [6, 6.07) is 9.87. The summed E-state index contributed by atoms with van der Waals surface area (Å²) >= 11 is 1.31. The van der Waals surface area contributed by atoms with E-state index >= 15 is 0 Å². The van der Waals surface area contributed by atoms with Crippen LogP contribution in [0.2, 0.25) is 0 Å². The molecule has 3 N–H and O–H groups in total. The van der Waals surface area contributed by atoms with E-state index in [9.17, 15) is 4.79 Å². The summed E-state index contributed by atoms with van der Waals surface area (Å²) in [5.74, 6) is 0.122. The summed E-state index contributed by atoms with van der Waals surface area (Å²) in [6.07, 6.45) is 3.41. The highest BCUT2D eigenvalue weighted by atomic mass is 32.1. The molecule has 0 saturated carbocycles. The van der Waals surface area contributed by atoms with Crippen molar-refractivity contribution in [1.29, 1.82) is 0 Å². The first kappa shape index (κ1) is 22.0. The molecule has 1 aliphatic rings. The van der Waals surface area contributed by atoms with Crippen LogP contribution in [0.25, 0.3) is 10.6 Å². The molecular formula is C23H28N6O2S. The molecule has 3 heterocycles. The van der Waals surface area contributed by atoms with E-state index in [1.165, 1.54) is 11.3 Å². The molecule has 4 rings (SSSR count). The number of hydrogen-bond donors (Lipinski definition) is 2. The number of carbonyl (C=O) groups excluding carboxylic acids is 1. The number of pyridine rings is 1. The number of nitrogens with one attached hydrogen (secondary N) is 1. The first-order valence-corrected chi connectivity index (χ1v) is 11.5. The second-order valence-corrected chi connectivity index (χ2v) is 8.68. The number of benzene rings is 1. The minimum Gasteiger partial charge on any atom is -0.462 e. The summed E-state index contributed by atoms with van der Waals surface area (Å²) in [7, 11) is 2.14. The average Bonchev–Trinajstić information content (AvgIpc) is 3.24. The monoisotopic (exact) mass is 452 g/mol. The molecule has 2 aromatic heterocycles. The third-order valence-electron chi connectivity index (χ3n) is 5.46. The second kappa shape index (κ2) is 9.97. The molecule has 0 radical (unpaired) electrons. The van der Waals surface area contributed by atoms with E-state index in [1.54, 1.807) is 19.3 Å². The number of nitrogen functional groups attached to an aromatic ring is 1. The Kier molecular flexibility index (Phi) is 6.87. The smallest absolute Gasteiger partial charge is 0.352 e. The summed E-state index contributed by atoms with van der Waals surface area (Å²) in [5.41, 5.74) is 10.00. The van der Waals surface area contributed by atoms with E-state index in [-0.39, 0.29) is 5.97 Å². The molecule has 1 saturated heterocycles. The van der Waals surface area contributed by atoms with E-state index in [4.69, 9.17) is 10.5 Å². The molecule has 1 fully saturated rings. The maximum absolute atomic E-state index is 12.5. The molecule has 3 aromatic rings. The maximum Gasteiger partial charge on any atom is 0.352 e. The van der Waals surface area contributed by atoms with Crippen molar-refractivity contribution in [2.45, 2.75) is 13.5 Å². The molecule has 1 aromatic carbocycles. The minimum absolute atomic E-state index is 0.306. The second-order valence-electron chi connectivity index (χ2n) is 7.68. The van der Waals surface area contributed by atoms with Gasteiger partial charge in [0.15, 0.2) is 10.7 Å². The number of rotatable bonds is 7. The van der Waals surface area contributed by atoms with Gasteiger partial charge in [-0.3, -0.25) is 4.98 Å². The van der Waals surface area contributed by atoms with E-state index < -0.39 is 0 Å². The Hall–Kier alpha value is -3.17. The number of likely N-dealkylation sites (N-methyl/N-ethyl adjacent to an activating group) is 1. The summed E-state index contributed by atoms with van der Waals surface area (Å²) < 4.78 is 5.24. The average molecular weight is 453 g/mol. The Morgan fingerprint density at radius 3 is 2.66 bits per heavy atom. The lowest BCUT2D eigenvalue weighted by atomic mass is 10.1. The van der Waals surface area contributed by atoms with Crippen molar-refractivity contribution in [3.05, 3.63) is 53.2 Å². The van der Waals surface area contributed by atoms with Crippen LogP contribution in [0.5, 0.6) is 0 Å². The summed E-state index contributed by atoms with van der Waals surface area (Å²) in [5, 5.41) is 4.05. The van der Waals surface area contributed by atoms with Crippen LogP contribution in [-0.4, -0.2) is 60.7 Å². The first-order valence-electron chi connectivity index (χ1n) is 10.7. The Morgan fingerprint density at radius 2 is 1.94 bits per heavy atom. The third kappa shape index (κ3) is 5.00. The number of hydrogen-bond acceptors (Lipinski definition) is 9. The minimum atomic E-state index is -0.382. The van der Waals surface area contributed by atoms with Crippen molar-refractivity contribution in [2.24, 2.45) is 0 Å². The Labute approximate surface area is 192 Å². The first-order chi connectivity index (χ1) is 15.5. The van der Waals surface area contributed by atoms with Gasteiger partial charge in [0.1, 0.15) is 5.01 Å². The number of ether oxygens (including phenoxy) is 1. The quantitative estimate of drug-likeness (QED) is 0.416. The lowest BCUT2D eigenvalue weighted by Crippen LogP contribution is -2.44. The van der Waals surface area contributed by atoms with Gasteiger partial charge in [0.25, 0.3) is 0 Å². The van der Waals surface area contributed by atoms with Crippen molar-refractivity contribution in [2.75, 3.05) is 55.8 Å². The molecule has 0 bridgehead atoms. The van der Waals surface area contributed by atoms with E-state index in [0.717, 1.165) is 48.0 Å². The molecule has 0 unspecified atom stereocenters. The van der Waals surface area contributed by atoms with Crippen LogP contribution >= 0.6 is 11.3 Å². The molecule has 0 atom stereocenters. The molecule has 0 aliphatic carbocycles. The van der Waals surface area contributed by atoms with E-state index in [2.05, 4.69) is 44.3 Å². The number of thiazole rings is 1. The number of piperazine rings is 1. The number of nitrogens with two attached hydrogens (primary N) is 1. The topological polar surface area (TPSA) is 96.6 Å². The lowest BCUT2D eigenvalue weighted by Gasteiger charge is -2.34. The number of esters is 1. The molecule has 9 heteroatoms. The van der Waals surface area contributed by atoms with Crippen LogP contribution in [0.15, 0.2) is 42.7 Å². The molecule has 8 nitrogen and oxygen atoms in total. The molecule has 0 spiro atoms. The Balaban J connectivity index is 1.55. The Morgan fingerprint density at radius 1 is 1.19 bits per heavy atom. The van der Waals surface area contributed by atoms with Crippen molar-refractivity contribution in [3.8, 4) is 10.6 Å². The van der Waals surface area contributed by atoms with Crippen molar-refractivity contribution >= 4 is 34.5 Å². The molecule has 32 heavy (non-hydrogen) atoms. The SMILES string of the molecule is CCOC(=O)c1sc(-c2ccncc2)nc1NCc1cc(N2CCN(C)CC2)ccc1N. The molecule has 0 amide bonds. The number of carbonyl (C=O) groups is 1. The van der Waals surface area contributed by atoms with Crippen molar-refractivity contribution < 1.29 is 9.53 Å². The van der Waals surface area contributed by atoms with Gasteiger partial charge in [-0.25, -0.2) is 9.78 Å². The van der Waals surface area contributed by atoms with E-state index in [0.29, 0.717) is 29.5 Å². The van der Waals surface area contributed by atoms with Gasteiger partial charge >= 0.3 is 5.97 Å². The highest BCUT2D eigenvalue weighted by Crippen LogP contribution is 2.32. The fraction of sp³-hybridized carbons (Fsp3) is 0.348. The van der Waals surface area contributed by atoms with Gasteiger partial charge < -0.3 is 25.6 Å². The van der Waals surface area contributed by atoms with Crippen LogP contribution in [0.3, 0.4) is 0 Å². The van der Waals surface area contributed by atoms with Crippen LogP contribution in [0.1, 0.15) is 22.2 Å². The highest BCUT2D eigenvalue weighted by Gasteiger charge is 2.21. The number of aromatic nitrogens is 2. The number of anilines is 3. The van der Waals surface area contributed by atoms with Gasteiger partial charge in [0.05, 0.1) is 6.61 Å². The van der Waals surface area contributed by atoms with Gasteiger partial charge in [0, 0.05) is 62.1 Å². The summed E-state index contributed by atoms with van der Waals surface area (Å²) in [4.78, 5) is 26.4. The van der Waals surface area contributed by atoms with Crippen LogP contribution < -0.4 is 16.0 Å². The van der Waals surface area contributed by atoms with Gasteiger partial charge in [-0.15, -0.1) is 11.3 Å². The highest BCUT2D eigenvalue weighted by molar-refractivity contribution is 7.17. The van der Waals surface area contributed by atoms with Crippen LogP contribution in [0.4, 0.5) is 17.2 Å². The molecule has 168 valence electrons. The molecule has 1 aliphatic heterocycles. The van der Waals surface area contributed by atoms with Crippen molar-refractivity contribution in [1.82, 2.24) is 14.9 Å². The zero-order valence-corrected chi connectivity index (χ0v) is 19.2. The van der Waals surface area contributed by atoms with Crippen molar-refractivity contribution in [3.63, 3.8) is 0 Å². The van der Waals surface area contributed by atoms with Gasteiger partial charge in [-0.05, 0) is 49.9 Å². The predicted octanol–water partition coefficient (Wildman–Crippen LogP) is 3.33. The zero-order chi connectivity index (χ0) is 22.5. The fourth-order valence-corrected chi connectivity index (χ4v) is 4.52. The summed E-state index contributed by atoms with van der Waals surface area (Å²) in [6.45, 7) is 6.61. The van der Waals surface area contributed by atoms with Gasteiger partial charge in [-0.2, -0.15) is 0 Å². The zero-order valence-electron chi connectivity index (χ0n) is 18.4. The van der Waals surface area contributed by atoms with Crippen LogP contribution in [0, 0.1) is 0 Å². The molecular weight excluding hydrogens is 424 g/mol. The normalized spacial score (nSPS) is 14.4. The lowest BCUT2D eigenvalue weighted by molar-refractivity contribution is 0.0533.